The number of rotatable bonds is 7. The highest BCUT2D eigenvalue weighted by atomic mass is 35.5. The molecular formula is C24H28ClN3O3S. The number of imidazole rings is 1. The van der Waals surface area contributed by atoms with Crippen LogP contribution < -0.4 is 0 Å². The minimum Gasteiger partial charge on any atom is -0.349 e. The van der Waals surface area contributed by atoms with E-state index in [4.69, 9.17) is 11.6 Å². The molecule has 0 atom stereocenters. The summed E-state index contributed by atoms with van der Waals surface area (Å²) in [5, 5.41) is 2.31. The Hall–Kier alpha value is -2.38. The number of nitrogens with zero attached hydrogens (tertiary/aromatic N) is 2. The molecule has 6 nitrogen and oxygen atoms in total. The molecule has 32 heavy (non-hydrogen) atoms. The number of nitrogens with one attached hydrogen (secondary N) is 1. The van der Waals surface area contributed by atoms with Gasteiger partial charge in [0.15, 0.2) is 9.84 Å². The first-order chi connectivity index (χ1) is 15.3. The van der Waals surface area contributed by atoms with Gasteiger partial charge >= 0.3 is 0 Å². The summed E-state index contributed by atoms with van der Waals surface area (Å²) < 4.78 is 25.6. The zero-order valence-electron chi connectivity index (χ0n) is 18.2. The third-order valence-electron chi connectivity index (χ3n) is 6.25. The first-order valence-corrected chi connectivity index (χ1v) is 13.0. The largest absolute Gasteiger partial charge is 0.349 e. The van der Waals surface area contributed by atoms with Crippen LogP contribution in [0.1, 0.15) is 37.2 Å². The van der Waals surface area contributed by atoms with Gasteiger partial charge in [-0.2, -0.15) is 0 Å². The molecule has 1 fully saturated rings. The highest BCUT2D eigenvalue weighted by molar-refractivity contribution is 7.91. The number of sulfone groups is 1. The van der Waals surface area contributed by atoms with Gasteiger partial charge in [-0.15, -0.1) is 0 Å². The number of carbonyl (C=O) groups is 1. The van der Waals surface area contributed by atoms with E-state index in [0.717, 1.165) is 48.0 Å². The number of piperidine rings is 1. The number of aromatic amines is 1. The number of aromatic nitrogens is 2. The number of hydrogen-bond donors (Lipinski definition) is 1. The minimum atomic E-state index is -3.53. The normalized spacial score (nSPS) is 15.4. The van der Waals surface area contributed by atoms with Gasteiger partial charge in [-0.05, 0) is 73.6 Å². The van der Waals surface area contributed by atoms with Crippen molar-refractivity contribution in [1.29, 1.82) is 0 Å². The third-order valence-corrected chi connectivity index (χ3v) is 8.20. The molecule has 1 aromatic heterocycles. The topological polar surface area (TPSA) is 83.1 Å². The monoisotopic (exact) mass is 473 g/mol. The molecule has 0 bridgehead atoms. The highest BCUT2D eigenvalue weighted by Crippen LogP contribution is 2.25. The number of carbonyl (C=O) groups excluding carboxylic acids is 1. The smallest absolute Gasteiger partial charge is 0.223 e. The van der Waals surface area contributed by atoms with Gasteiger partial charge in [-0.25, -0.2) is 13.4 Å². The van der Waals surface area contributed by atoms with Crippen LogP contribution in [0, 0.1) is 12.8 Å². The van der Waals surface area contributed by atoms with E-state index in [2.05, 4.69) is 9.97 Å². The molecule has 8 heteroatoms. The summed E-state index contributed by atoms with van der Waals surface area (Å²) in [4.78, 5) is 22.3. The van der Waals surface area contributed by atoms with Crippen molar-refractivity contribution < 1.29 is 13.2 Å². The number of H-pyrrole nitrogens is 1. The Bertz CT molecular complexity index is 1210. The quantitative estimate of drug-likeness (QED) is 0.545. The average molecular weight is 474 g/mol. The number of hydrogen-bond acceptors (Lipinski definition) is 4. The molecule has 0 aliphatic carbocycles. The van der Waals surface area contributed by atoms with Crippen molar-refractivity contribution in [3.8, 4) is 0 Å². The molecule has 2 heterocycles. The van der Waals surface area contributed by atoms with E-state index in [1.54, 1.807) is 36.4 Å². The highest BCUT2D eigenvalue weighted by Gasteiger charge is 2.25. The summed E-state index contributed by atoms with van der Waals surface area (Å²) in [5.41, 5.74) is 1.09. The van der Waals surface area contributed by atoms with Crippen molar-refractivity contribution in [2.75, 3.05) is 18.8 Å². The Labute approximate surface area is 193 Å². The maximum Gasteiger partial charge on any atom is 0.223 e. The second-order valence-electron chi connectivity index (χ2n) is 8.56. The Morgan fingerprint density at radius 1 is 1.16 bits per heavy atom. The summed E-state index contributed by atoms with van der Waals surface area (Å²) in [5.74, 6) is 1.25. The Morgan fingerprint density at radius 2 is 1.88 bits per heavy atom. The molecule has 1 N–H and O–H groups in total. The maximum absolute atomic E-state index is 12.8. The molecular weight excluding hydrogens is 446 g/mol. The van der Waals surface area contributed by atoms with Gasteiger partial charge in [-0.1, -0.05) is 23.7 Å². The first-order valence-electron chi connectivity index (χ1n) is 11.0. The molecule has 0 saturated carbocycles. The van der Waals surface area contributed by atoms with Crippen LogP contribution in [-0.2, 0) is 21.1 Å². The van der Waals surface area contributed by atoms with Crippen LogP contribution in [0.2, 0.25) is 5.02 Å². The van der Waals surface area contributed by atoms with Crippen LogP contribution in [0.3, 0.4) is 0 Å². The average Bonchev–Trinajstić information content (AvgIpc) is 3.21. The number of benzene rings is 2. The fraction of sp³-hybridized carbons (Fsp3) is 0.417. The Balaban J connectivity index is 1.27. The zero-order valence-corrected chi connectivity index (χ0v) is 19.8. The molecule has 1 aliphatic heterocycles. The van der Waals surface area contributed by atoms with E-state index in [1.165, 1.54) is 0 Å². The number of halogens is 1. The van der Waals surface area contributed by atoms with E-state index in [0.29, 0.717) is 24.0 Å². The van der Waals surface area contributed by atoms with E-state index >= 15 is 0 Å². The molecule has 3 aromatic rings. The first kappa shape index (κ1) is 22.8. The van der Waals surface area contributed by atoms with Gasteiger partial charge in [0.2, 0.25) is 5.91 Å². The Morgan fingerprint density at radius 3 is 2.59 bits per heavy atom. The predicted octanol–water partition coefficient (Wildman–Crippen LogP) is 4.56. The van der Waals surface area contributed by atoms with Gasteiger partial charge in [0.1, 0.15) is 5.82 Å². The van der Waals surface area contributed by atoms with E-state index in [1.807, 2.05) is 18.0 Å². The lowest BCUT2D eigenvalue weighted by Crippen LogP contribution is -2.39. The lowest BCUT2D eigenvalue weighted by molar-refractivity contribution is -0.132. The van der Waals surface area contributed by atoms with Gasteiger partial charge in [0.05, 0.1) is 16.3 Å². The fourth-order valence-electron chi connectivity index (χ4n) is 4.30. The zero-order chi connectivity index (χ0) is 22.7. The second kappa shape index (κ2) is 9.63. The van der Waals surface area contributed by atoms with Crippen LogP contribution in [0.15, 0.2) is 47.5 Å². The molecule has 4 rings (SSSR count). The standard InChI is InChI=1S/C24H28ClN3O3S/c1-17-26-16-22(27-17)6-2-18-8-11-28(12-9-18)24(29)10-13-32(30,31)23-7-4-19-14-21(25)5-3-20(19)15-23/h3-5,7,14-16,18H,2,6,8-13H2,1H3,(H,26,27). The summed E-state index contributed by atoms with van der Waals surface area (Å²) in [6.07, 6.45) is 5.88. The predicted molar refractivity (Wildman–Crippen MR) is 127 cm³/mol. The van der Waals surface area contributed by atoms with Crippen LogP contribution in [-0.4, -0.2) is 48.0 Å². The van der Waals surface area contributed by atoms with Crippen LogP contribution in [0.4, 0.5) is 0 Å². The summed E-state index contributed by atoms with van der Waals surface area (Å²) >= 11 is 6.00. The van der Waals surface area contributed by atoms with Gasteiger partial charge in [-0.3, -0.25) is 4.79 Å². The summed E-state index contributed by atoms with van der Waals surface area (Å²) in [6, 6.07) is 10.3. The van der Waals surface area contributed by atoms with Crippen molar-refractivity contribution >= 4 is 38.1 Å². The van der Waals surface area contributed by atoms with Crippen molar-refractivity contribution in [3.05, 3.63) is 59.1 Å². The molecule has 0 unspecified atom stereocenters. The maximum atomic E-state index is 12.8. The molecule has 1 amide bonds. The van der Waals surface area contributed by atoms with E-state index in [-0.39, 0.29) is 23.0 Å². The van der Waals surface area contributed by atoms with Crippen molar-refractivity contribution in [2.45, 2.75) is 43.9 Å². The number of aryl methyl sites for hydroxylation is 2. The Kier molecular flexibility index (Phi) is 6.86. The van der Waals surface area contributed by atoms with Crippen LogP contribution in [0.25, 0.3) is 10.8 Å². The lowest BCUT2D eigenvalue weighted by Gasteiger charge is -2.32. The lowest BCUT2D eigenvalue weighted by atomic mass is 9.91. The third kappa shape index (κ3) is 5.51. The number of likely N-dealkylation sites (tertiary alicyclic amines) is 1. The summed E-state index contributed by atoms with van der Waals surface area (Å²) in [6.45, 7) is 3.34. The molecule has 1 saturated heterocycles. The van der Waals surface area contributed by atoms with Crippen molar-refractivity contribution in [2.24, 2.45) is 5.92 Å². The SMILES string of the molecule is Cc1nc(CCC2CCN(C(=O)CCS(=O)(=O)c3ccc4cc(Cl)ccc4c3)CC2)c[nH]1. The van der Waals surface area contributed by atoms with Crippen LogP contribution in [0.5, 0.6) is 0 Å². The number of fused-ring (bicyclic) bond motifs is 1. The second-order valence-corrected chi connectivity index (χ2v) is 11.1. The van der Waals surface area contributed by atoms with E-state index < -0.39 is 9.84 Å². The van der Waals surface area contributed by atoms with Gasteiger partial charge in [0.25, 0.3) is 0 Å². The molecule has 1 aliphatic rings. The van der Waals surface area contributed by atoms with Gasteiger partial charge in [0, 0.05) is 30.7 Å². The molecule has 170 valence electrons. The molecule has 0 radical (unpaired) electrons. The number of amides is 1. The molecule has 2 aromatic carbocycles. The fourth-order valence-corrected chi connectivity index (χ4v) is 5.75. The van der Waals surface area contributed by atoms with E-state index in [9.17, 15) is 13.2 Å². The summed E-state index contributed by atoms with van der Waals surface area (Å²) in [7, 11) is -3.53. The van der Waals surface area contributed by atoms with Crippen molar-refractivity contribution in [3.63, 3.8) is 0 Å². The van der Waals surface area contributed by atoms with Crippen molar-refractivity contribution in [1.82, 2.24) is 14.9 Å². The molecule has 0 spiro atoms. The van der Waals surface area contributed by atoms with Crippen LogP contribution >= 0.6 is 11.6 Å². The van der Waals surface area contributed by atoms with Gasteiger partial charge < -0.3 is 9.88 Å². The minimum absolute atomic E-state index is 0.0121.